The molecule has 0 amide bonds. The molecule has 2 saturated carbocycles. The fourth-order valence-electron chi connectivity index (χ4n) is 7.40. The molecule has 0 aromatic heterocycles. The fourth-order valence-corrected chi connectivity index (χ4v) is 7.40. The fraction of sp³-hybridized carbons (Fsp3) is 0.727. The van der Waals surface area contributed by atoms with Gasteiger partial charge in [-0.05, 0) is 74.5 Å². The number of aliphatic hydroxyl groups excluding tert-OH is 1. The third kappa shape index (κ3) is 1.65. The number of benzene rings is 1. The summed E-state index contributed by atoms with van der Waals surface area (Å²) >= 11 is 0. The molecule has 0 unspecified atom stereocenters. The predicted molar refractivity (Wildman–Crippen MR) is 98.6 cm³/mol. The third-order valence-electron chi connectivity index (χ3n) is 8.63. The quantitative estimate of drug-likeness (QED) is 0.875. The van der Waals surface area contributed by atoms with Gasteiger partial charge in [0.2, 0.25) is 0 Å². The van der Waals surface area contributed by atoms with Crippen molar-refractivity contribution in [1.82, 2.24) is 4.90 Å². The van der Waals surface area contributed by atoms with Crippen LogP contribution in [0.5, 0.6) is 11.5 Å². The molecule has 2 bridgehead atoms. The lowest BCUT2D eigenvalue weighted by Crippen LogP contribution is -2.73. The monoisotopic (exact) mass is 355 g/mol. The molecule has 2 N–H and O–H groups in total. The molecule has 26 heavy (non-hydrogen) atoms. The largest absolute Gasteiger partial charge is 0.504 e. The first-order valence-corrected chi connectivity index (χ1v) is 10.5. The minimum atomic E-state index is -0.428. The lowest BCUT2D eigenvalue weighted by atomic mass is 9.42. The molecule has 2 heterocycles. The first kappa shape index (κ1) is 15.8. The van der Waals surface area contributed by atoms with Crippen molar-refractivity contribution in [3.63, 3.8) is 0 Å². The van der Waals surface area contributed by atoms with E-state index < -0.39 is 6.10 Å². The summed E-state index contributed by atoms with van der Waals surface area (Å²) in [5.41, 5.74) is 2.65. The second-order valence-electron chi connectivity index (χ2n) is 9.48. The highest BCUT2D eigenvalue weighted by atomic mass is 16.5. The van der Waals surface area contributed by atoms with Gasteiger partial charge in [-0.2, -0.15) is 0 Å². The zero-order valence-corrected chi connectivity index (χ0v) is 15.6. The minimum Gasteiger partial charge on any atom is -0.504 e. The summed E-state index contributed by atoms with van der Waals surface area (Å²) in [6.45, 7) is 4.69. The number of piperidine rings is 1. The van der Waals surface area contributed by atoms with Crippen molar-refractivity contribution >= 4 is 0 Å². The van der Waals surface area contributed by atoms with E-state index in [0.717, 1.165) is 44.6 Å². The van der Waals surface area contributed by atoms with Crippen LogP contribution >= 0.6 is 0 Å². The lowest BCUT2D eigenvalue weighted by molar-refractivity contribution is -0.162. The predicted octanol–water partition coefficient (Wildman–Crippen LogP) is 2.98. The second kappa shape index (κ2) is 4.96. The second-order valence-corrected chi connectivity index (χ2v) is 9.48. The lowest BCUT2D eigenvalue weighted by Gasteiger charge is -2.66. The number of phenols is 1. The summed E-state index contributed by atoms with van der Waals surface area (Å²) in [4.78, 5) is 2.79. The van der Waals surface area contributed by atoms with Gasteiger partial charge < -0.3 is 14.9 Å². The summed E-state index contributed by atoms with van der Waals surface area (Å²) in [5.74, 6) is 1.84. The Balaban J connectivity index is 1.58. The molecule has 140 valence electrons. The van der Waals surface area contributed by atoms with E-state index in [2.05, 4.69) is 17.9 Å². The molecule has 1 saturated heterocycles. The van der Waals surface area contributed by atoms with E-state index in [1.165, 1.54) is 30.5 Å². The number of nitrogens with zero attached hydrogens (tertiary/aromatic N) is 1. The summed E-state index contributed by atoms with van der Waals surface area (Å²) in [7, 11) is 0. The summed E-state index contributed by atoms with van der Waals surface area (Å²) in [6, 6.07) is 4.47. The van der Waals surface area contributed by atoms with Crippen LogP contribution in [-0.2, 0) is 11.8 Å². The summed E-state index contributed by atoms with van der Waals surface area (Å²) < 4.78 is 6.36. The number of aromatic hydroxyl groups is 1. The van der Waals surface area contributed by atoms with Crippen LogP contribution in [0.2, 0.25) is 0 Å². The van der Waals surface area contributed by atoms with Gasteiger partial charge in [0.1, 0.15) is 6.10 Å². The minimum absolute atomic E-state index is 0.119. The number of likely N-dealkylation sites (tertiary alicyclic amines) is 1. The van der Waals surface area contributed by atoms with Crippen LogP contribution in [0.15, 0.2) is 12.1 Å². The van der Waals surface area contributed by atoms with E-state index in [1.807, 2.05) is 0 Å². The molecule has 4 nitrogen and oxygen atoms in total. The Bertz CT molecular complexity index is 775. The van der Waals surface area contributed by atoms with E-state index >= 15 is 0 Å². The average molecular weight is 355 g/mol. The molecule has 2 aliphatic heterocycles. The van der Waals surface area contributed by atoms with Gasteiger partial charge in [0.05, 0.1) is 6.10 Å². The molecule has 3 aliphatic carbocycles. The van der Waals surface area contributed by atoms with E-state index in [1.54, 1.807) is 6.07 Å². The molecule has 5 aliphatic rings. The first-order chi connectivity index (χ1) is 12.6. The van der Waals surface area contributed by atoms with Crippen molar-refractivity contribution in [3.8, 4) is 11.5 Å². The molecule has 1 aromatic carbocycles. The molecule has 6 rings (SSSR count). The van der Waals surface area contributed by atoms with Gasteiger partial charge in [0.15, 0.2) is 11.5 Å². The average Bonchev–Trinajstić information content (AvgIpc) is 3.38. The number of aliphatic hydroxyl groups is 1. The number of phenolic OH excluding ortho intramolecular Hbond substituents is 1. The highest BCUT2D eigenvalue weighted by Crippen LogP contribution is 2.70. The van der Waals surface area contributed by atoms with Crippen LogP contribution in [-0.4, -0.2) is 46.5 Å². The van der Waals surface area contributed by atoms with Crippen LogP contribution in [0.4, 0.5) is 0 Å². The molecule has 1 aromatic rings. The van der Waals surface area contributed by atoms with Crippen LogP contribution in [0, 0.1) is 11.3 Å². The Morgan fingerprint density at radius 2 is 2.08 bits per heavy atom. The standard InChI is InChI=1S/C22H29NO3/c1-2-21-8-7-16(25)20-22(21)9-10-23(12-13-3-4-13)17(21)11-14-5-6-15(24)19(26-20)18(14)22/h5-6,13,16-17,20,24-25H,2-4,7-12H2,1H3/t16-,17+,20-,21-,22-/m0/s1. The van der Waals surface area contributed by atoms with Gasteiger partial charge in [-0.15, -0.1) is 0 Å². The SMILES string of the molecule is CC[C@@]12CC[C@H](O)[C@@H]3Oc4c(O)ccc5c4[C@@]31CCN(CC1CC1)[C@@H]2C5. The zero-order chi connectivity index (χ0) is 17.7. The van der Waals surface area contributed by atoms with E-state index in [0.29, 0.717) is 11.8 Å². The molecular formula is C22H29NO3. The van der Waals surface area contributed by atoms with Crippen LogP contribution in [0.1, 0.15) is 56.6 Å². The number of hydrogen-bond donors (Lipinski definition) is 2. The summed E-state index contributed by atoms with van der Waals surface area (Å²) in [5, 5.41) is 21.4. The smallest absolute Gasteiger partial charge is 0.165 e. The van der Waals surface area contributed by atoms with Gasteiger partial charge >= 0.3 is 0 Å². The maximum Gasteiger partial charge on any atom is 0.165 e. The molecular weight excluding hydrogens is 326 g/mol. The molecule has 4 heteroatoms. The van der Waals surface area contributed by atoms with Crippen LogP contribution in [0.3, 0.4) is 0 Å². The molecule has 3 fully saturated rings. The van der Waals surface area contributed by atoms with E-state index in [4.69, 9.17) is 4.74 Å². The highest BCUT2D eigenvalue weighted by molar-refractivity contribution is 5.61. The molecule has 5 atom stereocenters. The van der Waals surface area contributed by atoms with Crippen molar-refractivity contribution in [3.05, 3.63) is 23.3 Å². The van der Waals surface area contributed by atoms with Crippen molar-refractivity contribution in [2.45, 2.75) is 75.5 Å². The third-order valence-corrected chi connectivity index (χ3v) is 8.63. The van der Waals surface area contributed by atoms with Crippen LogP contribution < -0.4 is 4.74 Å². The maximum atomic E-state index is 10.9. The van der Waals surface area contributed by atoms with Crippen molar-refractivity contribution in [2.24, 2.45) is 11.3 Å². The van der Waals surface area contributed by atoms with E-state index in [9.17, 15) is 10.2 Å². The Morgan fingerprint density at radius 3 is 2.85 bits per heavy atom. The van der Waals surface area contributed by atoms with Gasteiger partial charge in [-0.3, -0.25) is 4.90 Å². The number of rotatable bonds is 3. The Hall–Kier alpha value is -1.26. The Kier molecular flexibility index (Phi) is 3.01. The topological polar surface area (TPSA) is 52.9 Å². The van der Waals surface area contributed by atoms with E-state index in [-0.39, 0.29) is 22.7 Å². The maximum absolute atomic E-state index is 10.9. The first-order valence-electron chi connectivity index (χ1n) is 10.5. The van der Waals surface area contributed by atoms with Gasteiger partial charge in [0, 0.05) is 23.6 Å². The summed E-state index contributed by atoms with van der Waals surface area (Å²) in [6.07, 6.45) is 7.31. The van der Waals surface area contributed by atoms with Gasteiger partial charge in [0.25, 0.3) is 0 Å². The number of ether oxygens (including phenoxy) is 1. The van der Waals surface area contributed by atoms with Crippen molar-refractivity contribution in [1.29, 1.82) is 0 Å². The number of hydrogen-bond acceptors (Lipinski definition) is 4. The Labute approximate surface area is 155 Å². The normalized spacial score (nSPS) is 43.1. The van der Waals surface area contributed by atoms with Gasteiger partial charge in [-0.1, -0.05) is 13.0 Å². The zero-order valence-electron chi connectivity index (χ0n) is 15.6. The van der Waals surface area contributed by atoms with Crippen molar-refractivity contribution in [2.75, 3.05) is 13.1 Å². The highest BCUT2D eigenvalue weighted by Gasteiger charge is 2.72. The Morgan fingerprint density at radius 1 is 1.23 bits per heavy atom. The molecule has 0 radical (unpaired) electrons. The van der Waals surface area contributed by atoms with Gasteiger partial charge in [-0.25, -0.2) is 0 Å². The van der Waals surface area contributed by atoms with Crippen LogP contribution in [0.25, 0.3) is 0 Å². The molecule has 1 spiro atoms. The van der Waals surface area contributed by atoms with Crippen molar-refractivity contribution < 1.29 is 14.9 Å².